The van der Waals surface area contributed by atoms with Crippen molar-refractivity contribution in [3.63, 3.8) is 0 Å². The van der Waals surface area contributed by atoms with Gasteiger partial charge in [-0.25, -0.2) is 0 Å². The number of unbranched alkanes of at least 4 members (excludes halogenated alkanes) is 2. The summed E-state index contributed by atoms with van der Waals surface area (Å²) < 4.78 is 5.66. The first-order valence-electron chi connectivity index (χ1n) is 8.29. The smallest absolute Gasteiger partial charge is 0.127 e. The molecule has 0 aliphatic heterocycles. The molecule has 0 bridgehead atoms. The van der Waals surface area contributed by atoms with Crippen LogP contribution in [0.4, 0.5) is 0 Å². The van der Waals surface area contributed by atoms with Gasteiger partial charge >= 0.3 is 0 Å². The van der Waals surface area contributed by atoms with E-state index in [-0.39, 0.29) is 0 Å². The Kier molecular flexibility index (Phi) is 5.82. The highest BCUT2D eigenvalue weighted by Crippen LogP contribution is 2.37. The number of nitriles is 1. The summed E-state index contributed by atoms with van der Waals surface area (Å²) >= 11 is 0. The maximum Gasteiger partial charge on any atom is 0.127 e. The number of hydrogen-bond acceptors (Lipinski definition) is 2. The van der Waals surface area contributed by atoms with E-state index in [2.05, 4.69) is 38.1 Å². The second kappa shape index (κ2) is 7.83. The quantitative estimate of drug-likeness (QED) is 0.652. The van der Waals surface area contributed by atoms with E-state index in [0.29, 0.717) is 5.56 Å². The maximum atomic E-state index is 9.43. The van der Waals surface area contributed by atoms with Crippen molar-refractivity contribution < 1.29 is 4.74 Å². The van der Waals surface area contributed by atoms with Gasteiger partial charge in [-0.3, -0.25) is 0 Å². The highest BCUT2D eigenvalue weighted by molar-refractivity contribution is 5.79. The zero-order valence-electron chi connectivity index (χ0n) is 14.6. The minimum Gasteiger partial charge on any atom is -0.496 e. The predicted octanol–water partition coefficient (Wildman–Crippen LogP) is 5.58. The lowest BCUT2D eigenvalue weighted by atomic mass is 9.91. The minimum atomic E-state index is 0.690. The summed E-state index contributed by atoms with van der Waals surface area (Å²) in [5, 5.41) is 9.43. The molecule has 0 atom stereocenters. The normalized spacial score (nSPS) is 10.4. The molecular weight excluding hydrogens is 282 g/mol. The van der Waals surface area contributed by atoms with Gasteiger partial charge in [-0.1, -0.05) is 37.5 Å². The Balaban J connectivity index is 2.51. The molecule has 0 radical (unpaired) electrons. The molecule has 0 unspecified atom stereocenters. The molecule has 0 saturated heterocycles. The summed E-state index contributed by atoms with van der Waals surface area (Å²) in [6, 6.07) is 12.6. The molecule has 0 aliphatic rings. The summed E-state index contributed by atoms with van der Waals surface area (Å²) in [4.78, 5) is 0. The van der Waals surface area contributed by atoms with Crippen molar-refractivity contribution in [2.24, 2.45) is 0 Å². The van der Waals surface area contributed by atoms with Gasteiger partial charge in [0.1, 0.15) is 5.75 Å². The van der Waals surface area contributed by atoms with E-state index in [4.69, 9.17) is 4.74 Å². The van der Waals surface area contributed by atoms with Gasteiger partial charge in [-0.2, -0.15) is 5.26 Å². The van der Waals surface area contributed by atoms with Crippen molar-refractivity contribution in [2.75, 3.05) is 7.11 Å². The van der Waals surface area contributed by atoms with Crippen molar-refractivity contribution in [1.29, 1.82) is 5.26 Å². The van der Waals surface area contributed by atoms with E-state index in [0.717, 1.165) is 34.4 Å². The number of ether oxygens (including phenoxy) is 1. The van der Waals surface area contributed by atoms with Crippen molar-refractivity contribution >= 4 is 0 Å². The molecule has 2 heteroatoms. The van der Waals surface area contributed by atoms with Crippen molar-refractivity contribution in [3.8, 4) is 22.9 Å². The van der Waals surface area contributed by atoms with Crippen molar-refractivity contribution in [1.82, 2.24) is 0 Å². The van der Waals surface area contributed by atoms with E-state index in [1.165, 1.54) is 24.8 Å². The topological polar surface area (TPSA) is 33.0 Å². The van der Waals surface area contributed by atoms with E-state index in [1.807, 2.05) is 19.1 Å². The third kappa shape index (κ3) is 3.93. The fraction of sp³-hybridized carbons (Fsp3) is 0.381. The molecule has 2 rings (SSSR count). The number of benzene rings is 2. The van der Waals surface area contributed by atoms with Crippen LogP contribution >= 0.6 is 0 Å². The standard InChI is InChI=1S/C21H25NO/c1-5-6-7-8-17-12-16(3)21(20(13-17)23-4)19-11-15(2)9-10-18(19)14-22/h9-13H,5-8H2,1-4H3. The van der Waals surface area contributed by atoms with E-state index >= 15 is 0 Å². The van der Waals surface area contributed by atoms with Crippen molar-refractivity contribution in [3.05, 3.63) is 52.6 Å². The van der Waals surface area contributed by atoms with Gasteiger partial charge in [0.05, 0.1) is 18.7 Å². The Bertz CT molecular complexity index is 725. The minimum absolute atomic E-state index is 0.690. The first-order chi connectivity index (χ1) is 11.1. The van der Waals surface area contributed by atoms with Gasteiger partial charge in [0.25, 0.3) is 0 Å². The Morgan fingerprint density at radius 1 is 1.09 bits per heavy atom. The van der Waals surface area contributed by atoms with Crippen LogP contribution in [-0.4, -0.2) is 7.11 Å². The van der Waals surface area contributed by atoms with E-state index < -0.39 is 0 Å². The molecule has 0 saturated carbocycles. The van der Waals surface area contributed by atoms with Crippen LogP contribution in [0, 0.1) is 25.2 Å². The molecule has 23 heavy (non-hydrogen) atoms. The maximum absolute atomic E-state index is 9.43. The number of aryl methyl sites for hydroxylation is 3. The Labute approximate surface area is 139 Å². The second-order valence-electron chi connectivity index (χ2n) is 6.11. The fourth-order valence-corrected chi connectivity index (χ4v) is 3.02. The molecule has 0 heterocycles. The van der Waals surface area contributed by atoms with E-state index in [1.54, 1.807) is 7.11 Å². The molecule has 0 aromatic heterocycles. The molecule has 2 nitrogen and oxygen atoms in total. The zero-order chi connectivity index (χ0) is 16.8. The summed E-state index contributed by atoms with van der Waals surface area (Å²) in [6.07, 6.45) is 4.75. The molecular formula is C21H25NO. The molecule has 0 fully saturated rings. The number of methoxy groups -OCH3 is 1. The monoisotopic (exact) mass is 307 g/mol. The lowest BCUT2D eigenvalue weighted by Gasteiger charge is -2.16. The van der Waals surface area contributed by atoms with E-state index in [9.17, 15) is 5.26 Å². The van der Waals surface area contributed by atoms with Crippen LogP contribution in [0.2, 0.25) is 0 Å². The Morgan fingerprint density at radius 3 is 2.52 bits per heavy atom. The van der Waals surface area contributed by atoms with Gasteiger partial charge in [0.2, 0.25) is 0 Å². The highest BCUT2D eigenvalue weighted by Gasteiger charge is 2.15. The van der Waals surface area contributed by atoms with Gasteiger partial charge in [-0.05, 0) is 56.0 Å². The van der Waals surface area contributed by atoms with Crippen LogP contribution in [0.15, 0.2) is 30.3 Å². The molecule has 2 aromatic rings. The fourth-order valence-electron chi connectivity index (χ4n) is 3.02. The summed E-state index contributed by atoms with van der Waals surface area (Å²) in [5.41, 5.74) is 6.30. The largest absolute Gasteiger partial charge is 0.496 e. The lowest BCUT2D eigenvalue weighted by Crippen LogP contribution is -1.97. The lowest BCUT2D eigenvalue weighted by molar-refractivity contribution is 0.415. The summed E-state index contributed by atoms with van der Waals surface area (Å²) in [6.45, 7) is 6.37. The zero-order valence-corrected chi connectivity index (χ0v) is 14.6. The molecule has 120 valence electrons. The van der Waals surface area contributed by atoms with Crippen molar-refractivity contribution in [2.45, 2.75) is 46.5 Å². The van der Waals surface area contributed by atoms with Gasteiger partial charge in [0.15, 0.2) is 0 Å². The van der Waals surface area contributed by atoms with Crippen LogP contribution in [0.25, 0.3) is 11.1 Å². The molecule has 0 spiro atoms. The van der Waals surface area contributed by atoms with Gasteiger partial charge in [0, 0.05) is 11.1 Å². The Hall–Kier alpha value is -2.27. The Morgan fingerprint density at radius 2 is 1.87 bits per heavy atom. The average Bonchev–Trinajstić information content (AvgIpc) is 2.54. The molecule has 0 N–H and O–H groups in total. The summed E-state index contributed by atoms with van der Waals surface area (Å²) in [7, 11) is 1.70. The first kappa shape index (κ1) is 17.1. The van der Waals surface area contributed by atoms with Crippen LogP contribution < -0.4 is 4.74 Å². The SMILES string of the molecule is CCCCCc1cc(C)c(-c2cc(C)ccc2C#N)c(OC)c1. The second-order valence-corrected chi connectivity index (χ2v) is 6.11. The number of hydrogen-bond donors (Lipinski definition) is 0. The molecule has 0 aliphatic carbocycles. The van der Waals surface area contributed by atoms with Crippen LogP contribution in [0.3, 0.4) is 0 Å². The van der Waals surface area contributed by atoms with Crippen LogP contribution in [0.1, 0.15) is 48.4 Å². The number of rotatable bonds is 6. The highest BCUT2D eigenvalue weighted by atomic mass is 16.5. The third-order valence-corrected chi connectivity index (χ3v) is 4.21. The van der Waals surface area contributed by atoms with Crippen LogP contribution in [0.5, 0.6) is 5.75 Å². The third-order valence-electron chi connectivity index (χ3n) is 4.21. The molecule has 0 amide bonds. The van der Waals surface area contributed by atoms with Gasteiger partial charge < -0.3 is 4.74 Å². The first-order valence-corrected chi connectivity index (χ1v) is 8.29. The predicted molar refractivity (Wildman–Crippen MR) is 95.8 cm³/mol. The number of nitrogens with zero attached hydrogens (tertiary/aromatic N) is 1. The molecule has 2 aromatic carbocycles. The summed E-state index contributed by atoms with van der Waals surface area (Å²) in [5.74, 6) is 0.860. The van der Waals surface area contributed by atoms with Crippen LogP contribution in [-0.2, 0) is 6.42 Å². The average molecular weight is 307 g/mol. The van der Waals surface area contributed by atoms with Gasteiger partial charge in [-0.15, -0.1) is 0 Å².